The largest absolute Gasteiger partial charge is 0.457 e. The molecule has 0 amide bonds. The highest BCUT2D eigenvalue weighted by Crippen LogP contribution is 2.56. The van der Waals surface area contributed by atoms with E-state index in [1.54, 1.807) is 12.1 Å². The van der Waals surface area contributed by atoms with E-state index < -0.39 is 5.41 Å². The van der Waals surface area contributed by atoms with Gasteiger partial charge in [0.2, 0.25) is 0 Å². The Morgan fingerprint density at radius 1 is 0.455 bits per heavy atom. The molecule has 1 aliphatic carbocycles. The summed E-state index contributed by atoms with van der Waals surface area (Å²) in [5.74, 6) is 3.17. The highest BCUT2D eigenvalue weighted by Gasteiger charge is 2.45. The minimum Gasteiger partial charge on any atom is -0.457 e. The zero-order chi connectivity index (χ0) is 37.1. The maximum atomic E-state index is 9.51. The first-order valence-corrected chi connectivity index (χ1v) is 18.5. The maximum Gasteiger partial charge on any atom is 0.164 e. The highest BCUT2D eigenvalue weighted by molar-refractivity contribution is 5.83. The molecular weight excluding hydrogens is 673 g/mol. The molecule has 0 radical (unpaired) electrons. The second kappa shape index (κ2) is 12.5. The average Bonchev–Trinajstić information content (AvgIpc) is 3.48. The van der Waals surface area contributed by atoms with Gasteiger partial charge in [0.1, 0.15) is 11.5 Å². The van der Waals surface area contributed by atoms with Crippen molar-refractivity contribution in [3.63, 3.8) is 0 Å². The fourth-order valence-electron chi connectivity index (χ4n) is 8.65. The van der Waals surface area contributed by atoms with E-state index in [2.05, 4.69) is 153 Å². The zero-order valence-corrected chi connectivity index (χ0v) is 30.4. The summed E-state index contributed by atoms with van der Waals surface area (Å²) in [6.45, 7) is 4.55. The molecule has 0 fully saturated rings. The van der Waals surface area contributed by atoms with Crippen LogP contribution in [0.15, 0.2) is 170 Å². The van der Waals surface area contributed by atoms with Crippen LogP contribution in [-0.4, -0.2) is 15.0 Å². The van der Waals surface area contributed by atoms with Crippen LogP contribution in [-0.2, 0) is 10.8 Å². The predicted molar refractivity (Wildman–Crippen MR) is 217 cm³/mol. The Bertz CT molecular complexity index is 2780. The summed E-state index contributed by atoms with van der Waals surface area (Å²) >= 11 is 0. The number of fused-ring (bicyclic) bond motifs is 5. The summed E-state index contributed by atoms with van der Waals surface area (Å²) in [5.41, 5.74) is 11.8. The molecule has 0 saturated carbocycles. The smallest absolute Gasteiger partial charge is 0.164 e. The van der Waals surface area contributed by atoms with E-state index in [4.69, 9.17) is 19.7 Å². The zero-order valence-electron chi connectivity index (χ0n) is 30.4. The predicted octanol–water partition coefficient (Wildman–Crippen LogP) is 11.5. The molecule has 5 heteroatoms. The molecule has 2 aliphatic rings. The first-order chi connectivity index (χ1) is 26.9. The maximum absolute atomic E-state index is 9.51. The number of para-hydroxylation sites is 1. The Morgan fingerprint density at radius 3 is 1.64 bits per heavy atom. The summed E-state index contributed by atoms with van der Waals surface area (Å²) < 4.78 is 6.80. The molecule has 2 heterocycles. The van der Waals surface area contributed by atoms with Gasteiger partial charge in [-0.1, -0.05) is 141 Å². The summed E-state index contributed by atoms with van der Waals surface area (Å²) in [6, 6.07) is 60.7. The topological polar surface area (TPSA) is 71.7 Å². The summed E-state index contributed by atoms with van der Waals surface area (Å²) in [7, 11) is 0. The van der Waals surface area contributed by atoms with Crippen molar-refractivity contribution in [3.05, 3.63) is 209 Å². The Balaban J connectivity index is 1.17. The molecule has 7 aromatic carbocycles. The lowest BCUT2D eigenvalue weighted by atomic mass is 9.63. The van der Waals surface area contributed by atoms with Gasteiger partial charge in [-0.15, -0.1) is 0 Å². The third kappa shape index (κ3) is 5.03. The van der Waals surface area contributed by atoms with E-state index in [0.29, 0.717) is 23.0 Å². The third-order valence-corrected chi connectivity index (χ3v) is 11.3. The molecule has 0 unspecified atom stereocenters. The minimum absolute atomic E-state index is 0.177. The number of hydrogen-bond acceptors (Lipinski definition) is 5. The van der Waals surface area contributed by atoms with Crippen molar-refractivity contribution in [1.82, 2.24) is 15.0 Å². The van der Waals surface area contributed by atoms with E-state index in [9.17, 15) is 5.26 Å². The molecule has 0 spiro atoms. The van der Waals surface area contributed by atoms with Gasteiger partial charge >= 0.3 is 0 Å². The van der Waals surface area contributed by atoms with Crippen molar-refractivity contribution < 1.29 is 4.74 Å². The number of rotatable bonds is 5. The van der Waals surface area contributed by atoms with Gasteiger partial charge in [-0.2, -0.15) is 5.26 Å². The van der Waals surface area contributed by atoms with E-state index >= 15 is 0 Å². The first-order valence-electron chi connectivity index (χ1n) is 18.5. The van der Waals surface area contributed by atoms with Crippen molar-refractivity contribution in [2.75, 3.05) is 0 Å². The number of nitriles is 1. The van der Waals surface area contributed by atoms with Gasteiger partial charge in [-0.05, 0) is 75.8 Å². The molecule has 0 N–H and O–H groups in total. The second-order valence-electron chi connectivity index (χ2n) is 14.7. The molecule has 260 valence electrons. The number of benzene rings is 7. The SMILES string of the molecule is CC1(C)c2ccccc2-c2ccc(-c3nc(-c4ccc(C#N)cc4)nc(-c4ccc5c(c4)Oc4ccccc4C5(c4ccccc4)c4ccccc4)n3)cc21. The van der Waals surface area contributed by atoms with Gasteiger partial charge in [0.25, 0.3) is 0 Å². The fourth-order valence-corrected chi connectivity index (χ4v) is 8.65. The van der Waals surface area contributed by atoms with E-state index in [1.807, 2.05) is 24.3 Å². The van der Waals surface area contributed by atoms with Gasteiger partial charge < -0.3 is 4.74 Å². The Labute approximate surface area is 320 Å². The lowest BCUT2D eigenvalue weighted by Gasteiger charge is -2.41. The molecule has 1 aliphatic heterocycles. The van der Waals surface area contributed by atoms with Gasteiger partial charge in [-0.3, -0.25) is 0 Å². The molecule has 10 rings (SSSR count). The van der Waals surface area contributed by atoms with Crippen molar-refractivity contribution in [2.45, 2.75) is 24.7 Å². The number of aromatic nitrogens is 3. The minimum atomic E-state index is -0.627. The normalized spacial score (nSPS) is 14.1. The summed E-state index contributed by atoms with van der Waals surface area (Å²) in [6.07, 6.45) is 0. The van der Waals surface area contributed by atoms with Crippen molar-refractivity contribution >= 4 is 0 Å². The third-order valence-electron chi connectivity index (χ3n) is 11.3. The number of nitrogens with zero attached hydrogens (tertiary/aromatic N) is 4. The average molecular weight is 707 g/mol. The summed E-state index contributed by atoms with van der Waals surface area (Å²) in [4.78, 5) is 15.3. The van der Waals surface area contributed by atoms with Crippen LogP contribution in [0.4, 0.5) is 0 Å². The Kier molecular flexibility index (Phi) is 7.37. The quantitative estimate of drug-likeness (QED) is 0.178. The first kappa shape index (κ1) is 32.5. The highest BCUT2D eigenvalue weighted by atomic mass is 16.5. The van der Waals surface area contributed by atoms with E-state index in [0.717, 1.165) is 50.4 Å². The number of hydrogen-bond donors (Lipinski definition) is 0. The van der Waals surface area contributed by atoms with E-state index in [1.165, 1.54) is 22.3 Å². The van der Waals surface area contributed by atoms with Gasteiger partial charge in [0.05, 0.1) is 17.0 Å². The van der Waals surface area contributed by atoms with Gasteiger partial charge in [0, 0.05) is 33.2 Å². The van der Waals surface area contributed by atoms with Crippen LogP contribution in [0.5, 0.6) is 11.5 Å². The molecular formula is C50H34N4O. The Morgan fingerprint density at radius 2 is 0.964 bits per heavy atom. The van der Waals surface area contributed by atoms with Crippen molar-refractivity contribution in [1.29, 1.82) is 5.26 Å². The van der Waals surface area contributed by atoms with Crippen LogP contribution < -0.4 is 4.74 Å². The summed E-state index contributed by atoms with van der Waals surface area (Å²) in [5, 5.41) is 9.51. The number of ether oxygens (including phenoxy) is 1. The molecule has 0 bridgehead atoms. The molecule has 55 heavy (non-hydrogen) atoms. The van der Waals surface area contributed by atoms with Crippen LogP contribution in [0, 0.1) is 11.3 Å². The fraction of sp³-hybridized carbons (Fsp3) is 0.0800. The standard InChI is InChI=1S/C50H34N4O/c1-49(2)40-18-10-9-17-38(40)39-27-25-34(29-43(39)49)47-52-46(33-23-21-32(31-51)22-24-33)53-48(54-47)35-26-28-42-45(30-35)55-44-20-12-11-19-41(44)50(42,36-13-5-3-6-14-36)37-15-7-4-8-16-37/h3-30H,1-2H3. The molecule has 8 aromatic rings. The molecule has 1 aromatic heterocycles. The lowest BCUT2D eigenvalue weighted by Crippen LogP contribution is -2.34. The van der Waals surface area contributed by atoms with Crippen LogP contribution in [0.1, 0.15) is 52.8 Å². The second-order valence-corrected chi connectivity index (χ2v) is 14.7. The molecule has 0 saturated heterocycles. The van der Waals surface area contributed by atoms with Crippen LogP contribution in [0.25, 0.3) is 45.3 Å². The monoisotopic (exact) mass is 706 g/mol. The van der Waals surface area contributed by atoms with Gasteiger partial charge in [-0.25, -0.2) is 15.0 Å². The molecule has 5 nitrogen and oxygen atoms in total. The Hall–Kier alpha value is -7.16. The van der Waals surface area contributed by atoms with Crippen LogP contribution in [0.3, 0.4) is 0 Å². The van der Waals surface area contributed by atoms with Crippen LogP contribution >= 0.6 is 0 Å². The van der Waals surface area contributed by atoms with E-state index in [-0.39, 0.29) is 5.41 Å². The van der Waals surface area contributed by atoms with Gasteiger partial charge in [0.15, 0.2) is 17.5 Å². The lowest BCUT2D eigenvalue weighted by molar-refractivity contribution is 0.434. The van der Waals surface area contributed by atoms with Crippen LogP contribution in [0.2, 0.25) is 0 Å². The van der Waals surface area contributed by atoms with Crippen molar-refractivity contribution in [3.8, 4) is 62.9 Å². The van der Waals surface area contributed by atoms with Crippen molar-refractivity contribution in [2.24, 2.45) is 0 Å². The molecule has 0 atom stereocenters.